The molecule has 0 aromatic heterocycles. The van der Waals surface area contributed by atoms with E-state index in [1.807, 2.05) is 0 Å². The SMILES string of the molecule is [CH]1CCCC12CC2. The van der Waals surface area contributed by atoms with Crippen molar-refractivity contribution in [3.63, 3.8) is 0 Å². The Hall–Kier alpha value is 0. The fourth-order valence-corrected chi connectivity index (χ4v) is 1.58. The average Bonchev–Trinajstić information content (AvgIpc) is 2.15. The van der Waals surface area contributed by atoms with Crippen molar-refractivity contribution in [2.24, 2.45) is 5.41 Å². The Morgan fingerprint density at radius 2 is 2.00 bits per heavy atom. The van der Waals surface area contributed by atoms with Gasteiger partial charge in [0, 0.05) is 0 Å². The maximum atomic E-state index is 2.53. The highest BCUT2D eigenvalue weighted by Gasteiger charge is 2.44. The molecule has 2 aliphatic carbocycles. The van der Waals surface area contributed by atoms with Crippen LogP contribution in [0.15, 0.2) is 0 Å². The fourth-order valence-electron chi connectivity index (χ4n) is 1.58. The van der Waals surface area contributed by atoms with Crippen molar-refractivity contribution in [2.75, 3.05) is 0 Å². The predicted octanol–water partition coefficient (Wildman–Crippen LogP) is 2.15. The third-order valence-electron chi connectivity index (χ3n) is 2.35. The van der Waals surface area contributed by atoms with Crippen molar-refractivity contribution in [3.8, 4) is 0 Å². The van der Waals surface area contributed by atoms with Gasteiger partial charge in [-0.3, -0.25) is 0 Å². The van der Waals surface area contributed by atoms with Crippen LogP contribution in [0.2, 0.25) is 0 Å². The van der Waals surface area contributed by atoms with Gasteiger partial charge in [-0.2, -0.15) is 0 Å². The molecule has 2 rings (SSSR count). The molecule has 0 aliphatic heterocycles. The van der Waals surface area contributed by atoms with Crippen LogP contribution in [0.4, 0.5) is 0 Å². The lowest BCUT2D eigenvalue weighted by Gasteiger charge is -1.97. The lowest BCUT2D eigenvalue weighted by molar-refractivity contribution is 0.620. The largest absolute Gasteiger partial charge is 0.0525 e. The first-order valence-corrected chi connectivity index (χ1v) is 3.26. The highest BCUT2D eigenvalue weighted by Crippen LogP contribution is 2.56. The van der Waals surface area contributed by atoms with Crippen LogP contribution in [0.3, 0.4) is 0 Å². The summed E-state index contributed by atoms with van der Waals surface area (Å²) in [5, 5.41) is 0. The maximum Gasteiger partial charge on any atom is -0.0266 e. The third-order valence-corrected chi connectivity index (χ3v) is 2.35. The molecule has 1 spiro atoms. The van der Waals surface area contributed by atoms with E-state index in [1.165, 1.54) is 32.1 Å². The van der Waals surface area contributed by atoms with E-state index in [4.69, 9.17) is 0 Å². The summed E-state index contributed by atoms with van der Waals surface area (Å²) in [7, 11) is 0. The molecule has 0 nitrogen and oxygen atoms in total. The molecule has 2 fully saturated rings. The van der Waals surface area contributed by atoms with Gasteiger partial charge in [0.05, 0.1) is 0 Å². The zero-order valence-electron chi connectivity index (χ0n) is 4.61. The Morgan fingerprint density at radius 3 is 2.29 bits per heavy atom. The van der Waals surface area contributed by atoms with E-state index in [1.54, 1.807) is 0 Å². The maximum absolute atomic E-state index is 2.53. The van der Waals surface area contributed by atoms with Crippen molar-refractivity contribution in [1.29, 1.82) is 0 Å². The van der Waals surface area contributed by atoms with Crippen LogP contribution in [0.5, 0.6) is 0 Å². The van der Waals surface area contributed by atoms with Crippen LogP contribution < -0.4 is 0 Å². The normalized spacial score (nSPS) is 34.3. The molecule has 0 heteroatoms. The summed E-state index contributed by atoms with van der Waals surface area (Å²) in [6.07, 6.45) is 9.93. The summed E-state index contributed by atoms with van der Waals surface area (Å²) < 4.78 is 0. The molecule has 0 N–H and O–H groups in total. The first-order valence-electron chi connectivity index (χ1n) is 3.26. The molecule has 1 radical (unpaired) electrons. The van der Waals surface area contributed by atoms with Crippen LogP contribution in [0.25, 0.3) is 0 Å². The summed E-state index contributed by atoms with van der Waals surface area (Å²) in [5.74, 6) is 0. The number of hydrogen-bond acceptors (Lipinski definition) is 0. The summed E-state index contributed by atoms with van der Waals surface area (Å²) in [6.45, 7) is 0. The Bertz CT molecular complexity index is 72.0. The number of hydrogen-bond donors (Lipinski definition) is 0. The van der Waals surface area contributed by atoms with Crippen molar-refractivity contribution in [3.05, 3.63) is 6.42 Å². The van der Waals surface area contributed by atoms with Gasteiger partial charge in [0.15, 0.2) is 0 Å². The van der Waals surface area contributed by atoms with Gasteiger partial charge in [0.1, 0.15) is 0 Å². The van der Waals surface area contributed by atoms with Crippen molar-refractivity contribution in [2.45, 2.75) is 32.1 Å². The van der Waals surface area contributed by atoms with Gasteiger partial charge < -0.3 is 0 Å². The van der Waals surface area contributed by atoms with E-state index in [-0.39, 0.29) is 0 Å². The second-order valence-corrected chi connectivity index (χ2v) is 2.96. The van der Waals surface area contributed by atoms with Gasteiger partial charge >= 0.3 is 0 Å². The van der Waals surface area contributed by atoms with Crippen molar-refractivity contribution in [1.82, 2.24) is 0 Å². The van der Waals surface area contributed by atoms with Crippen LogP contribution in [0, 0.1) is 11.8 Å². The van der Waals surface area contributed by atoms with Gasteiger partial charge in [-0.15, -0.1) is 0 Å². The molecule has 0 aromatic carbocycles. The van der Waals surface area contributed by atoms with Crippen LogP contribution in [-0.2, 0) is 0 Å². The highest BCUT2D eigenvalue weighted by atomic mass is 14.5. The Labute approximate surface area is 44.9 Å². The van der Waals surface area contributed by atoms with Crippen LogP contribution in [0.1, 0.15) is 32.1 Å². The third kappa shape index (κ3) is 0.490. The molecule has 0 saturated heterocycles. The summed E-state index contributed by atoms with van der Waals surface area (Å²) >= 11 is 0. The molecule has 2 saturated carbocycles. The molecule has 7 heavy (non-hydrogen) atoms. The minimum atomic E-state index is 0.819. The standard InChI is InChI=1S/C7H11/c1-2-4-7(3-1)5-6-7/h3H,1-2,4-6H2. The molecule has 0 heterocycles. The van der Waals surface area contributed by atoms with E-state index in [2.05, 4.69) is 6.42 Å². The molecule has 39 valence electrons. The Morgan fingerprint density at radius 1 is 1.14 bits per heavy atom. The zero-order valence-corrected chi connectivity index (χ0v) is 4.61. The molecule has 0 atom stereocenters. The second kappa shape index (κ2) is 1.04. The molecular weight excluding hydrogens is 84.1 g/mol. The molecule has 0 aromatic rings. The van der Waals surface area contributed by atoms with Crippen LogP contribution >= 0.6 is 0 Å². The average molecular weight is 95.2 g/mol. The van der Waals surface area contributed by atoms with E-state index in [9.17, 15) is 0 Å². The van der Waals surface area contributed by atoms with Crippen LogP contribution in [-0.4, -0.2) is 0 Å². The Kier molecular flexibility index (Phi) is 0.586. The van der Waals surface area contributed by atoms with Gasteiger partial charge in [0.25, 0.3) is 0 Å². The molecular formula is C7H11. The van der Waals surface area contributed by atoms with Gasteiger partial charge in [0.2, 0.25) is 0 Å². The van der Waals surface area contributed by atoms with E-state index in [0.717, 1.165) is 5.41 Å². The quantitative estimate of drug-likeness (QED) is 0.432. The number of rotatable bonds is 0. The van der Waals surface area contributed by atoms with Crippen molar-refractivity contribution < 1.29 is 0 Å². The highest BCUT2D eigenvalue weighted by molar-refractivity contribution is 5.07. The minimum absolute atomic E-state index is 0.819. The predicted molar refractivity (Wildman–Crippen MR) is 29.8 cm³/mol. The van der Waals surface area contributed by atoms with E-state index in [0.29, 0.717) is 0 Å². The Balaban J connectivity index is 2.07. The monoisotopic (exact) mass is 95.1 g/mol. The summed E-state index contributed by atoms with van der Waals surface area (Å²) in [6, 6.07) is 0. The first-order chi connectivity index (χ1) is 3.41. The lowest BCUT2D eigenvalue weighted by Crippen LogP contribution is -1.87. The summed E-state index contributed by atoms with van der Waals surface area (Å²) in [5.41, 5.74) is 0.819. The zero-order chi connectivity index (χ0) is 4.74. The topological polar surface area (TPSA) is 0 Å². The minimum Gasteiger partial charge on any atom is -0.0525 e. The smallest absolute Gasteiger partial charge is 0.0266 e. The molecule has 0 unspecified atom stereocenters. The van der Waals surface area contributed by atoms with Gasteiger partial charge in [-0.25, -0.2) is 0 Å². The second-order valence-electron chi connectivity index (χ2n) is 2.96. The summed E-state index contributed by atoms with van der Waals surface area (Å²) in [4.78, 5) is 0. The van der Waals surface area contributed by atoms with Gasteiger partial charge in [-0.1, -0.05) is 6.42 Å². The first kappa shape index (κ1) is 3.94. The lowest BCUT2D eigenvalue weighted by atomic mass is 10.1. The van der Waals surface area contributed by atoms with Crippen molar-refractivity contribution >= 4 is 0 Å². The molecule has 2 aliphatic rings. The molecule has 0 bridgehead atoms. The van der Waals surface area contributed by atoms with E-state index >= 15 is 0 Å². The molecule has 0 amide bonds. The van der Waals surface area contributed by atoms with E-state index < -0.39 is 0 Å². The van der Waals surface area contributed by atoms with Gasteiger partial charge in [-0.05, 0) is 37.5 Å². The fraction of sp³-hybridized carbons (Fsp3) is 0.857.